The quantitative estimate of drug-likeness (QED) is 0.559. The van der Waals surface area contributed by atoms with E-state index in [0.717, 1.165) is 43.0 Å². The smallest absolute Gasteiger partial charge is 0.227 e. The first-order valence-electron chi connectivity index (χ1n) is 13.4. The van der Waals surface area contributed by atoms with Crippen molar-refractivity contribution in [1.82, 2.24) is 9.80 Å². The molecule has 2 bridgehead atoms. The number of benzene rings is 2. The first kappa shape index (κ1) is 22.4. The van der Waals surface area contributed by atoms with Crippen molar-refractivity contribution in [2.45, 2.75) is 74.1 Å². The van der Waals surface area contributed by atoms with E-state index in [9.17, 15) is 15.0 Å². The van der Waals surface area contributed by atoms with Crippen molar-refractivity contribution in [2.75, 3.05) is 25.9 Å². The summed E-state index contributed by atoms with van der Waals surface area (Å²) in [6.45, 7) is 1.96. The summed E-state index contributed by atoms with van der Waals surface area (Å²) in [5.74, 6) is 1.43. The fourth-order valence-corrected chi connectivity index (χ4v) is 7.97. The number of nitrogen functional groups attached to an aromatic ring is 1. The minimum absolute atomic E-state index is 0.0224. The predicted octanol–water partition coefficient (Wildman–Crippen LogP) is 2.61. The number of hydrogen-bond donors (Lipinski definition) is 3. The molecule has 7 nitrogen and oxygen atoms in total. The number of likely N-dealkylation sites (tertiary alicyclic amines) is 1. The van der Waals surface area contributed by atoms with Gasteiger partial charge in [-0.2, -0.15) is 0 Å². The molecule has 3 aliphatic carbocycles. The molecule has 5 atom stereocenters. The molecule has 7 rings (SSSR count). The van der Waals surface area contributed by atoms with E-state index < -0.39 is 11.0 Å². The van der Waals surface area contributed by atoms with E-state index in [4.69, 9.17) is 10.5 Å². The highest BCUT2D eigenvalue weighted by Crippen LogP contribution is 2.66. The Morgan fingerprint density at radius 1 is 1.17 bits per heavy atom. The highest BCUT2D eigenvalue weighted by molar-refractivity contribution is 5.79. The summed E-state index contributed by atoms with van der Waals surface area (Å²) < 4.78 is 6.61. The number of piperidine rings is 1. The van der Waals surface area contributed by atoms with Crippen LogP contribution in [0.25, 0.3) is 0 Å². The Morgan fingerprint density at radius 3 is 2.69 bits per heavy atom. The fraction of sp³-hybridized carbons (Fsp3) is 0.552. The van der Waals surface area contributed by atoms with Crippen molar-refractivity contribution < 1.29 is 19.7 Å². The number of aromatic hydroxyl groups is 1. The standard InChI is InChI=1S/C29H35N3O4/c1-31(24(34)14-17-4-7-20(30)8-5-17)21-10-11-29(35)23-15-19-6-9-22(33)26-25(19)28(29,27(21)36-26)12-13-32(23)16-18-2-3-18/h4-9,18,21,23,27,33,35H,2-3,10-16,30H2,1H3/t21-,23+,27-,28-,29+/m0/s1. The third-order valence-electron chi connectivity index (χ3n) is 9.96. The number of anilines is 1. The highest BCUT2D eigenvalue weighted by atomic mass is 16.5. The van der Waals surface area contributed by atoms with Crippen molar-refractivity contribution in [1.29, 1.82) is 0 Å². The van der Waals surface area contributed by atoms with Crippen molar-refractivity contribution in [3.8, 4) is 11.5 Å². The van der Waals surface area contributed by atoms with Crippen LogP contribution in [0.2, 0.25) is 0 Å². The van der Waals surface area contributed by atoms with Gasteiger partial charge in [0, 0.05) is 30.9 Å². The number of likely N-dealkylation sites (N-methyl/N-ethyl adjacent to an activating group) is 1. The van der Waals surface area contributed by atoms with Gasteiger partial charge in [0.15, 0.2) is 11.5 Å². The van der Waals surface area contributed by atoms with Gasteiger partial charge in [-0.15, -0.1) is 0 Å². The van der Waals surface area contributed by atoms with Crippen LogP contribution in [0, 0.1) is 5.92 Å². The lowest BCUT2D eigenvalue weighted by Crippen LogP contribution is -2.78. The SMILES string of the molecule is CN(C(=O)Cc1ccc(N)cc1)[C@H]1CC[C@@]2(O)[C@H]3Cc4ccc(O)c5c4[C@@]2(CCN3CC2CC2)[C@H]1O5. The lowest BCUT2D eigenvalue weighted by molar-refractivity contribution is -0.200. The van der Waals surface area contributed by atoms with E-state index in [-0.39, 0.29) is 29.8 Å². The lowest BCUT2D eigenvalue weighted by Gasteiger charge is -2.64. The second-order valence-electron chi connectivity index (χ2n) is 11.8. The third kappa shape index (κ3) is 2.96. The molecule has 5 aliphatic rings. The fourth-order valence-electron chi connectivity index (χ4n) is 7.97. The molecule has 2 aliphatic heterocycles. The summed E-state index contributed by atoms with van der Waals surface area (Å²) in [5, 5.41) is 23.4. The topological polar surface area (TPSA) is 99.3 Å². The van der Waals surface area contributed by atoms with Crippen LogP contribution >= 0.6 is 0 Å². The Bertz CT molecular complexity index is 1230. The van der Waals surface area contributed by atoms with Crippen LogP contribution in [0.1, 0.15) is 48.8 Å². The third-order valence-corrected chi connectivity index (χ3v) is 9.96. The van der Waals surface area contributed by atoms with Crippen molar-refractivity contribution in [3.63, 3.8) is 0 Å². The molecule has 190 valence electrons. The number of phenols is 1. The predicted molar refractivity (Wildman–Crippen MR) is 136 cm³/mol. The number of carbonyl (C=O) groups excluding carboxylic acids is 1. The summed E-state index contributed by atoms with van der Waals surface area (Å²) in [5.41, 5.74) is 8.05. The van der Waals surface area contributed by atoms with Gasteiger partial charge in [-0.1, -0.05) is 18.2 Å². The second-order valence-corrected chi connectivity index (χ2v) is 11.8. The van der Waals surface area contributed by atoms with E-state index in [1.165, 1.54) is 18.4 Å². The Morgan fingerprint density at radius 2 is 1.94 bits per heavy atom. The molecule has 2 heterocycles. The molecular weight excluding hydrogens is 454 g/mol. The molecule has 1 amide bonds. The van der Waals surface area contributed by atoms with E-state index in [2.05, 4.69) is 4.90 Å². The Kier molecular flexibility index (Phi) is 4.75. The van der Waals surface area contributed by atoms with Gasteiger partial charge in [0.2, 0.25) is 5.91 Å². The molecule has 7 heteroatoms. The van der Waals surface area contributed by atoms with Crippen LogP contribution in [0.4, 0.5) is 5.69 Å². The van der Waals surface area contributed by atoms with Crippen molar-refractivity contribution in [2.24, 2.45) is 5.92 Å². The average Bonchev–Trinajstić information content (AvgIpc) is 3.60. The zero-order valence-electron chi connectivity index (χ0n) is 20.8. The molecule has 1 saturated heterocycles. The van der Waals surface area contributed by atoms with E-state index in [1.54, 1.807) is 6.07 Å². The number of amides is 1. The van der Waals surface area contributed by atoms with Crippen LogP contribution < -0.4 is 10.5 Å². The number of ether oxygens (including phenoxy) is 1. The van der Waals surface area contributed by atoms with Crippen LogP contribution in [0.5, 0.6) is 11.5 Å². The van der Waals surface area contributed by atoms with E-state index in [0.29, 0.717) is 30.7 Å². The van der Waals surface area contributed by atoms with Gasteiger partial charge in [-0.3, -0.25) is 9.69 Å². The molecule has 3 fully saturated rings. The molecule has 1 spiro atoms. The Balaban J connectivity index is 1.26. The van der Waals surface area contributed by atoms with E-state index >= 15 is 0 Å². The highest BCUT2D eigenvalue weighted by Gasteiger charge is 2.73. The number of rotatable bonds is 5. The minimum atomic E-state index is -0.936. The first-order chi connectivity index (χ1) is 17.3. The number of nitrogens with zero attached hydrogens (tertiary/aromatic N) is 2. The maximum atomic E-state index is 13.4. The molecule has 0 unspecified atom stereocenters. The van der Waals surface area contributed by atoms with Gasteiger partial charge in [0.25, 0.3) is 0 Å². The molecule has 2 aromatic rings. The Labute approximate surface area is 211 Å². The van der Waals surface area contributed by atoms with Crippen LogP contribution in [0.15, 0.2) is 36.4 Å². The maximum absolute atomic E-state index is 13.4. The summed E-state index contributed by atoms with van der Waals surface area (Å²) >= 11 is 0. The zero-order chi connectivity index (χ0) is 24.8. The molecule has 0 aromatic heterocycles. The van der Waals surface area contributed by atoms with Crippen LogP contribution in [-0.2, 0) is 23.1 Å². The molecule has 36 heavy (non-hydrogen) atoms. The largest absolute Gasteiger partial charge is 0.504 e. The number of phenolic OH excluding ortho intramolecular Hbond substituents is 1. The summed E-state index contributed by atoms with van der Waals surface area (Å²) in [6.07, 6.45) is 5.33. The van der Waals surface area contributed by atoms with Gasteiger partial charge >= 0.3 is 0 Å². The maximum Gasteiger partial charge on any atom is 0.227 e. The molecule has 2 aromatic carbocycles. The van der Waals surface area contributed by atoms with E-state index in [1.807, 2.05) is 42.3 Å². The van der Waals surface area contributed by atoms with Gasteiger partial charge in [0.05, 0.1) is 23.5 Å². The van der Waals surface area contributed by atoms with Gasteiger partial charge in [-0.05, 0) is 80.3 Å². The minimum Gasteiger partial charge on any atom is -0.504 e. The average molecular weight is 490 g/mol. The first-order valence-corrected chi connectivity index (χ1v) is 13.4. The number of carbonyl (C=O) groups is 1. The molecule has 2 saturated carbocycles. The molecule has 4 N–H and O–H groups in total. The monoisotopic (exact) mass is 489 g/mol. The number of hydrogen-bond acceptors (Lipinski definition) is 6. The van der Waals surface area contributed by atoms with Gasteiger partial charge in [0.1, 0.15) is 6.10 Å². The second kappa shape index (κ2) is 7.62. The zero-order valence-corrected chi connectivity index (χ0v) is 20.8. The number of nitrogens with two attached hydrogens (primary N) is 1. The molecular formula is C29H35N3O4. The van der Waals surface area contributed by atoms with Gasteiger partial charge in [-0.25, -0.2) is 0 Å². The summed E-state index contributed by atoms with van der Waals surface area (Å²) in [4.78, 5) is 17.8. The van der Waals surface area contributed by atoms with Crippen molar-refractivity contribution in [3.05, 3.63) is 53.1 Å². The lowest BCUT2D eigenvalue weighted by atomic mass is 9.48. The summed E-state index contributed by atoms with van der Waals surface area (Å²) in [7, 11) is 1.86. The molecule has 0 radical (unpaired) electrons. The summed E-state index contributed by atoms with van der Waals surface area (Å²) in [6, 6.07) is 11.0. The Hall–Kier alpha value is -2.77. The van der Waals surface area contributed by atoms with Gasteiger partial charge < -0.3 is 25.6 Å². The van der Waals surface area contributed by atoms with Crippen molar-refractivity contribution >= 4 is 11.6 Å². The number of aliphatic hydroxyl groups is 1. The van der Waals surface area contributed by atoms with Crippen LogP contribution in [-0.4, -0.2) is 69.8 Å². The van der Waals surface area contributed by atoms with Crippen LogP contribution in [0.3, 0.4) is 0 Å². The normalized spacial score (nSPS) is 34.1.